The van der Waals surface area contributed by atoms with Gasteiger partial charge >= 0.3 is 0 Å². The Morgan fingerprint density at radius 1 is 0.881 bits per heavy atom. The van der Waals surface area contributed by atoms with Crippen molar-refractivity contribution in [3.63, 3.8) is 0 Å². The molecule has 2 aromatic rings. The van der Waals surface area contributed by atoms with Gasteiger partial charge in [-0.1, -0.05) is 87.4 Å². The standard InChI is InChI=1S/C38H46F4/c1-5-8-9-10-26-11-13-27(14-12-26)28-15-17-30(18-16-28)33-23-24-34(38(42)37(33)41)31-21-19-29(20-22-31)32(7-3)36(40)35(39)25(4)6-2/h5,7-8,17,19-28H,6,9-16,18H2,1-4H3/b8-5+,32-7-,36-35-. The van der Waals surface area contributed by atoms with Crippen LogP contribution in [0.1, 0.15) is 103 Å². The highest BCUT2D eigenvalue weighted by molar-refractivity contribution is 5.79. The van der Waals surface area contributed by atoms with E-state index < -0.39 is 29.2 Å². The largest absolute Gasteiger partial charge is 0.208 e. The van der Waals surface area contributed by atoms with Crippen molar-refractivity contribution >= 4 is 11.1 Å². The molecule has 2 unspecified atom stereocenters. The molecule has 2 aliphatic carbocycles. The summed E-state index contributed by atoms with van der Waals surface area (Å²) < 4.78 is 60.1. The van der Waals surface area contributed by atoms with E-state index >= 15 is 8.78 Å². The highest BCUT2D eigenvalue weighted by atomic mass is 19.2. The second-order valence-corrected chi connectivity index (χ2v) is 12.2. The number of rotatable bonds is 10. The van der Waals surface area contributed by atoms with Crippen LogP contribution in [0.15, 0.2) is 72.4 Å². The van der Waals surface area contributed by atoms with Crippen molar-refractivity contribution in [2.75, 3.05) is 0 Å². The van der Waals surface area contributed by atoms with Crippen molar-refractivity contribution in [1.29, 1.82) is 0 Å². The van der Waals surface area contributed by atoms with Gasteiger partial charge in [0.25, 0.3) is 0 Å². The van der Waals surface area contributed by atoms with Gasteiger partial charge in [0.05, 0.1) is 0 Å². The van der Waals surface area contributed by atoms with Gasteiger partial charge in [-0.05, 0) is 99.7 Å². The summed E-state index contributed by atoms with van der Waals surface area (Å²) in [5.74, 6) is -1.64. The van der Waals surface area contributed by atoms with Crippen molar-refractivity contribution in [3.05, 3.63) is 95.1 Å². The summed E-state index contributed by atoms with van der Waals surface area (Å²) >= 11 is 0. The minimum Gasteiger partial charge on any atom is -0.208 e. The highest BCUT2D eigenvalue weighted by Crippen LogP contribution is 2.43. The summed E-state index contributed by atoms with van der Waals surface area (Å²) in [6.07, 6.45) is 19.0. The maximum atomic E-state index is 15.4. The lowest BCUT2D eigenvalue weighted by Crippen LogP contribution is -2.23. The maximum absolute atomic E-state index is 15.4. The number of benzene rings is 2. The van der Waals surface area contributed by atoms with E-state index in [9.17, 15) is 8.78 Å². The number of halogens is 4. The average molecular weight is 579 g/mol. The second kappa shape index (κ2) is 15.0. The molecular formula is C38H46F4. The summed E-state index contributed by atoms with van der Waals surface area (Å²) in [6, 6.07) is 9.82. The zero-order valence-corrected chi connectivity index (χ0v) is 25.7. The molecule has 1 saturated carbocycles. The number of allylic oxidation sites excluding steroid dienone is 8. The molecule has 2 atom stereocenters. The van der Waals surface area contributed by atoms with Crippen LogP contribution >= 0.6 is 0 Å². The first-order valence-electron chi connectivity index (χ1n) is 15.9. The molecule has 0 amide bonds. The molecule has 0 N–H and O–H groups in total. The van der Waals surface area contributed by atoms with Crippen LogP contribution in [0, 0.1) is 35.3 Å². The Bertz CT molecular complexity index is 1320. The van der Waals surface area contributed by atoms with Crippen molar-refractivity contribution in [3.8, 4) is 11.1 Å². The average Bonchev–Trinajstić information content (AvgIpc) is 3.03. The van der Waals surface area contributed by atoms with Crippen LogP contribution in [-0.4, -0.2) is 0 Å². The van der Waals surface area contributed by atoms with Gasteiger partial charge in [0.1, 0.15) is 5.83 Å². The van der Waals surface area contributed by atoms with Crippen LogP contribution in [0.2, 0.25) is 0 Å². The molecular weight excluding hydrogens is 532 g/mol. The molecule has 4 rings (SSSR count). The van der Waals surface area contributed by atoms with Gasteiger partial charge in [-0.3, -0.25) is 0 Å². The van der Waals surface area contributed by atoms with E-state index in [1.807, 2.05) is 6.92 Å². The van der Waals surface area contributed by atoms with E-state index in [0.717, 1.165) is 36.7 Å². The Labute approximate surface area is 250 Å². The third-order valence-electron chi connectivity index (χ3n) is 9.70. The van der Waals surface area contributed by atoms with Gasteiger partial charge in [0.2, 0.25) is 0 Å². The van der Waals surface area contributed by atoms with E-state index in [2.05, 4.69) is 25.2 Å². The topological polar surface area (TPSA) is 0 Å². The Morgan fingerprint density at radius 3 is 2.14 bits per heavy atom. The second-order valence-electron chi connectivity index (χ2n) is 12.2. The molecule has 0 bridgehead atoms. The molecule has 0 nitrogen and oxygen atoms in total. The van der Waals surface area contributed by atoms with Gasteiger partial charge in [0.15, 0.2) is 17.5 Å². The molecule has 4 heteroatoms. The first-order valence-corrected chi connectivity index (χ1v) is 15.9. The predicted octanol–water partition coefficient (Wildman–Crippen LogP) is 12.6. The lowest BCUT2D eigenvalue weighted by Gasteiger charge is -2.35. The Morgan fingerprint density at radius 2 is 1.55 bits per heavy atom. The molecule has 0 aromatic heterocycles. The van der Waals surface area contributed by atoms with Crippen LogP contribution < -0.4 is 0 Å². The number of hydrogen-bond donors (Lipinski definition) is 0. The SMILES string of the molecule is C/C=C(\C(F)=C(\F)C(C)CC)c1ccc(-c2ccc(C3=CCC(C4CCC(CC/C=C/C)CC4)CC3)c(F)c2F)cc1. The van der Waals surface area contributed by atoms with Crippen molar-refractivity contribution in [1.82, 2.24) is 0 Å². The Balaban J connectivity index is 1.43. The summed E-state index contributed by atoms with van der Waals surface area (Å²) in [5, 5.41) is 0. The fourth-order valence-electron chi connectivity index (χ4n) is 6.77. The Kier molecular flexibility index (Phi) is 11.5. The fourth-order valence-corrected chi connectivity index (χ4v) is 6.77. The summed E-state index contributed by atoms with van der Waals surface area (Å²) in [4.78, 5) is 0. The van der Waals surface area contributed by atoms with Crippen LogP contribution in [0.25, 0.3) is 22.3 Å². The molecule has 0 saturated heterocycles. The lowest BCUT2D eigenvalue weighted by molar-refractivity contribution is 0.190. The van der Waals surface area contributed by atoms with Gasteiger partial charge in [-0.25, -0.2) is 17.6 Å². The molecule has 0 radical (unpaired) electrons. The van der Waals surface area contributed by atoms with Gasteiger partial charge in [0, 0.05) is 22.6 Å². The van der Waals surface area contributed by atoms with E-state index in [-0.39, 0.29) is 11.1 Å². The normalized spacial score (nSPS) is 23.1. The Hall–Kier alpha value is -2.88. The summed E-state index contributed by atoms with van der Waals surface area (Å²) in [5.41, 5.74) is 2.53. The molecule has 0 heterocycles. The minimum absolute atomic E-state index is 0.154. The minimum atomic E-state index is -0.878. The lowest BCUT2D eigenvalue weighted by atomic mass is 9.70. The summed E-state index contributed by atoms with van der Waals surface area (Å²) in [6.45, 7) is 7.19. The first kappa shape index (κ1) is 32.0. The van der Waals surface area contributed by atoms with Crippen LogP contribution in [0.3, 0.4) is 0 Å². The maximum Gasteiger partial charge on any atom is 0.167 e. The van der Waals surface area contributed by atoms with Crippen molar-refractivity contribution in [2.24, 2.45) is 23.7 Å². The van der Waals surface area contributed by atoms with Crippen molar-refractivity contribution in [2.45, 2.75) is 91.9 Å². The van der Waals surface area contributed by atoms with E-state index in [4.69, 9.17) is 0 Å². The zero-order valence-electron chi connectivity index (χ0n) is 25.7. The molecule has 2 aliphatic rings. The van der Waals surface area contributed by atoms with E-state index in [0.29, 0.717) is 29.0 Å². The van der Waals surface area contributed by atoms with Gasteiger partial charge in [-0.2, -0.15) is 0 Å². The van der Waals surface area contributed by atoms with E-state index in [1.165, 1.54) is 44.6 Å². The quantitative estimate of drug-likeness (QED) is 0.149. The van der Waals surface area contributed by atoms with Crippen molar-refractivity contribution < 1.29 is 17.6 Å². The van der Waals surface area contributed by atoms with E-state index in [1.54, 1.807) is 50.2 Å². The molecule has 0 aliphatic heterocycles. The zero-order chi connectivity index (χ0) is 30.2. The van der Waals surface area contributed by atoms with Gasteiger partial charge in [-0.15, -0.1) is 0 Å². The third-order valence-corrected chi connectivity index (χ3v) is 9.70. The fraction of sp³-hybridized carbons (Fsp3) is 0.474. The first-order chi connectivity index (χ1) is 20.3. The monoisotopic (exact) mass is 578 g/mol. The van der Waals surface area contributed by atoms with Gasteiger partial charge < -0.3 is 0 Å². The highest BCUT2D eigenvalue weighted by Gasteiger charge is 2.29. The predicted molar refractivity (Wildman–Crippen MR) is 169 cm³/mol. The molecule has 226 valence electrons. The summed E-state index contributed by atoms with van der Waals surface area (Å²) in [7, 11) is 0. The van der Waals surface area contributed by atoms with Crippen LogP contribution in [0.4, 0.5) is 17.6 Å². The number of hydrogen-bond acceptors (Lipinski definition) is 0. The van der Waals surface area contributed by atoms with Crippen LogP contribution in [0.5, 0.6) is 0 Å². The van der Waals surface area contributed by atoms with Crippen LogP contribution in [-0.2, 0) is 0 Å². The smallest absolute Gasteiger partial charge is 0.167 e. The molecule has 1 fully saturated rings. The molecule has 0 spiro atoms. The molecule has 2 aromatic carbocycles. The molecule has 42 heavy (non-hydrogen) atoms. The third kappa shape index (κ3) is 7.36.